The highest BCUT2D eigenvalue weighted by Crippen LogP contribution is 2.09. The molecule has 0 aliphatic heterocycles. The average molecular weight is 494 g/mol. The molecule has 0 aliphatic carbocycles. The molecule has 140 valence electrons. The van der Waals surface area contributed by atoms with Crippen LogP contribution in [0.4, 0.5) is 0 Å². The number of nitrogens with one attached hydrogen (secondary N) is 2. The van der Waals surface area contributed by atoms with E-state index in [-0.39, 0.29) is 24.7 Å². The first-order valence-electron chi connectivity index (χ1n) is 8.18. The molecule has 0 radical (unpaired) electrons. The van der Waals surface area contributed by atoms with Crippen LogP contribution in [0.3, 0.4) is 0 Å². The molecule has 0 spiro atoms. The van der Waals surface area contributed by atoms with Crippen LogP contribution in [-0.4, -0.2) is 24.2 Å². The molecule has 2 amide bonds. The molecule has 8 heteroatoms. The fourth-order valence-corrected chi connectivity index (χ4v) is 2.51. The van der Waals surface area contributed by atoms with E-state index >= 15 is 0 Å². The summed E-state index contributed by atoms with van der Waals surface area (Å²) in [5, 5.41) is 7.78. The highest BCUT2D eigenvalue weighted by atomic mass is 79.9. The van der Waals surface area contributed by atoms with E-state index in [4.69, 9.17) is 0 Å². The second kappa shape index (κ2) is 11.4. The molecule has 2 N–H and O–H groups in total. The van der Waals surface area contributed by atoms with Crippen LogP contribution < -0.4 is 10.9 Å². The Morgan fingerprint density at radius 2 is 1.11 bits per heavy atom. The lowest BCUT2D eigenvalue weighted by Gasteiger charge is -2.01. The summed E-state index contributed by atoms with van der Waals surface area (Å²) in [4.78, 5) is 23.4. The lowest BCUT2D eigenvalue weighted by Crippen LogP contribution is -2.20. The summed E-state index contributed by atoms with van der Waals surface area (Å²) in [6.07, 6.45) is 3.96. The molecular formula is C19H18Br2N4O2. The molecule has 2 aromatic rings. The van der Waals surface area contributed by atoms with Crippen molar-refractivity contribution >= 4 is 56.1 Å². The largest absolute Gasteiger partial charge is 0.273 e. The lowest BCUT2D eigenvalue weighted by atomic mass is 10.2. The quantitative estimate of drug-likeness (QED) is 0.430. The minimum absolute atomic E-state index is 0.210. The number of carbonyl (C=O) groups excluding carboxylic acids is 2. The van der Waals surface area contributed by atoms with Crippen LogP contribution in [0.5, 0.6) is 0 Å². The number of hydrazone groups is 2. The van der Waals surface area contributed by atoms with Crippen LogP contribution in [0, 0.1) is 0 Å². The van der Waals surface area contributed by atoms with Crippen molar-refractivity contribution in [3.63, 3.8) is 0 Å². The second-order valence-corrected chi connectivity index (χ2v) is 7.37. The summed E-state index contributed by atoms with van der Waals surface area (Å²) in [5.74, 6) is -0.482. The van der Waals surface area contributed by atoms with Gasteiger partial charge in [-0.3, -0.25) is 9.59 Å². The summed E-state index contributed by atoms with van der Waals surface area (Å²) >= 11 is 6.70. The Bertz CT molecular complexity index is 749. The number of carbonyl (C=O) groups is 2. The topological polar surface area (TPSA) is 82.9 Å². The zero-order valence-corrected chi connectivity index (χ0v) is 17.5. The molecule has 0 saturated heterocycles. The predicted octanol–water partition coefficient (Wildman–Crippen LogP) is 3.98. The highest BCUT2D eigenvalue weighted by Gasteiger charge is 2.03. The number of halogens is 2. The maximum atomic E-state index is 11.7. The predicted molar refractivity (Wildman–Crippen MR) is 114 cm³/mol. The van der Waals surface area contributed by atoms with Crippen molar-refractivity contribution in [3.8, 4) is 0 Å². The Labute approximate surface area is 174 Å². The summed E-state index contributed by atoms with van der Waals surface area (Å²) in [6.45, 7) is 0. The first kappa shape index (κ1) is 21.0. The van der Waals surface area contributed by atoms with Crippen molar-refractivity contribution < 1.29 is 9.59 Å². The van der Waals surface area contributed by atoms with Crippen molar-refractivity contribution in [2.24, 2.45) is 10.2 Å². The van der Waals surface area contributed by atoms with E-state index in [9.17, 15) is 9.59 Å². The zero-order chi connectivity index (χ0) is 19.5. The first-order chi connectivity index (χ1) is 13.0. The monoisotopic (exact) mass is 492 g/mol. The van der Waals surface area contributed by atoms with Crippen LogP contribution in [0.2, 0.25) is 0 Å². The van der Waals surface area contributed by atoms with Crippen LogP contribution in [0.25, 0.3) is 0 Å². The molecule has 2 rings (SSSR count). The van der Waals surface area contributed by atoms with Crippen molar-refractivity contribution in [2.45, 2.75) is 19.3 Å². The second-order valence-electron chi connectivity index (χ2n) is 5.54. The van der Waals surface area contributed by atoms with E-state index in [0.29, 0.717) is 6.42 Å². The van der Waals surface area contributed by atoms with Crippen molar-refractivity contribution in [1.82, 2.24) is 10.9 Å². The van der Waals surface area contributed by atoms with Gasteiger partial charge in [0.25, 0.3) is 0 Å². The maximum Gasteiger partial charge on any atom is 0.240 e. The number of nitrogens with zero attached hydrogens (tertiary/aromatic N) is 2. The molecule has 0 fully saturated rings. The standard InChI is InChI=1S/C19H18Br2N4O2/c20-16-8-4-14(5-9-16)12-22-24-18(26)2-1-3-19(27)25-23-13-15-6-10-17(21)11-7-15/h4-13H,1-3H2,(H,24,26)(H,25,27)/b22-12+,23-13+. The molecule has 0 saturated carbocycles. The summed E-state index contributed by atoms with van der Waals surface area (Å²) < 4.78 is 1.95. The van der Waals surface area contributed by atoms with Gasteiger partial charge in [-0.2, -0.15) is 10.2 Å². The van der Waals surface area contributed by atoms with Crippen LogP contribution >= 0.6 is 31.9 Å². The van der Waals surface area contributed by atoms with Gasteiger partial charge in [0.2, 0.25) is 11.8 Å². The van der Waals surface area contributed by atoms with Crippen LogP contribution in [0.1, 0.15) is 30.4 Å². The summed E-state index contributed by atoms with van der Waals surface area (Å²) in [7, 11) is 0. The third-order valence-electron chi connectivity index (χ3n) is 3.35. The number of rotatable bonds is 8. The van der Waals surface area contributed by atoms with Gasteiger partial charge in [0, 0.05) is 21.8 Å². The summed E-state index contributed by atoms with van der Waals surface area (Å²) in [5.41, 5.74) is 6.64. The Morgan fingerprint density at radius 1 is 0.741 bits per heavy atom. The van der Waals surface area contributed by atoms with Gasteiger partial charge in [-0.25, -0.2) is 10.9 Å². The molecule has 0 aromatic heterocycles. The van der Waals surface area contributed by atoms with E-state index in [1.807, 2.05) is 48.5 Å². The van der Waals surface area contributed by atoms with Gasteiger partial charge in [-0.05, 0) is 41.8 Å². The van der Waals surface area contributed by atoms with Crippen molar-refractivity contribution in [1.29, 1.82) is 0 Å². The Balaban J connectivity index is 1.61. The molecule has 0 heterocycles. The molecule has 0 unspecified atom stereocenters. The van der Waals surface area contributed by atoms with Crippen molar-refractivity contribution in [2.75, 3.05) is 0 Å². The van der Waals surface area contributed by atoms with Gasteiger partial charge >= 0.3 is 0 Å². The van der Waals surface area contributed by atoms with Gasteiger partial charge < -0.3 is 0 Å². The Morgan fingerprint density at radius 3 is 1.48 bits per heavy atom. The fraction of sp³-hybridized carbons (Fsp3) is 0.158. The highest BCUT2D eigenvalue weighted by molar-refractivity contribution is 9.10. The number of hydrogen-bond acceptors (Lipinski definition) is 4. The molecule has 6 nitrogen and oxygen atoms in total. The normalized spacial score (nSPS) is 11.0. The first-order valence-corrected chi connectivity index (χ1v) is 9.76. The number of benzene rings is 2. The van der Waals surface area contributed by atoms with Gasteiger partial charge in [-0.15, -0.1) is 0 Å². The minimum Gasteiger partial charge on any atom is -0.273 e. The molecule has 0 atom stereocenters. The van der Waals surface area contributed by atoms with Gasteiger partial charge in [0.1, 0.15) is 0 Å². The smallest absolute Gasteiger partial charge is 0.240 e. The Kier molecular flexibility index (Phi) is 8.86. The molecular weight excluding hydrogens is 476 g/mol. The minimum atomic E-state index is -0.241. The maximum absolute atomic E-state index is 11.7. The SMILES string of the molecule is O=C(CCCC(=O)N/N=C/c1ccc(Br)cc1)N/N=C/c1ccc(Br)cc1. The summed E-state index contributed by atoms with van der Waals surface area (Å²) in [6, 6.07) is 15.1. The van der Waals surface area contributed by atoms with Gasteiger partial charge in [-0.1, -0.05) is 56.1 Å². The molecule has 27 heavy (non-hydrogen) atoms. The lowest BCUT2D eigenvalue weighted by molar-refractivity contribution is -0.122. The van der Waals surface area contributed by atoms with Gasteiger partial charge in [0.15, 0.2) is 0 Å². The van der Waals surface area contributed by atoms with E-state index < -0.39 is 0 Å². The van der Waals surface area contributed by atoms with Crippen LogP contribution in [-0.2, 0) is 9.59 Å². The van der Waals surface area contributed by atoms with E-state index in [2.05, 4.69) is 52.9 Å². The fourth-order valence-electron chi connectivity index (χ4n) is 1.98. The molecule has 2 aromatic carbocycles. The number of hydrogen-bond donors (Lipinski definition) is 2. The third-order valence-corrected chi connectivity index (χ3v) is 4.41. The molecule has 0 bridgehead atoms. The zero-order valence-electron chi connectivity index (χ0n) is 14.4. The average Bonchev–Trinajstić information content (AvgIpc) is 2.65. The number of amides is 2. The third kappa shape index (κ3) is 8.74. The van der Waals surface area contributed by atoms with Crippen LogP contribution in [0.15, 0.2) is 67.7 Å². The van der Waals surface area contributed by atoms with E-state index in [1.165, 1.54) is 0 Å². The van der Waals surface area contributed by atoms with Crippen molar-refractivity contribution in [3.05, 3.63) is 68.6 Å². The van der Waals surface area contributed by atoms with E-state index in [1.54, 1.807) is 12.4 Å². The molecule has 0 aliphatic rings. The Hall–Kier alpha value is -2.32. The van der Waals surface area contributed by atoms with E-state index in [0.717, 1.165) is 20.1 Å². The van der Waals surface area contributed by atoms with Gasteiger partial charge in [0.05, 0.1) is 12.4 Å².